The van der Waals surface area contributed by atoms with E-state index in [4.69, 9.17) is 4.74 Å². The van der Waals surface area contributed by atoms with E-state index in [-0.39, 0.29) is 0 Å². The van der Waals surface area contributed by atoms with Crippen LogP contribution < -0.4 is 0 Å². The molecule has 0 aliphatic heterocycles. The standard InChI is InChI=1S/C29H45N3O/c1-5-33-19-21-10-13-28(3)22(16-21)6-7-24-26-9-8-25(29(26,4)14-11-27(24)28)20(2)18-32-23(17-30)12-15-31-32/h12,15,20-22,24-27H,5-11,13-14,16,18-19H2,1-4H3. The molecule has 0 spiro atoms. The molecule has 1 aromatic heterocycles. The summed E-state index contributed by atoms with van der Waals surface area (Å²) in [4.78, 5) is 0. The molecule has 4 aliphatic carbocycles. The van der Waals surface area contributed by atoms with Gasteiger partial charge < -0.3 is 4.74 Å². The number of hydrogen-bond donors (Lipinski definition) is 0. The SMILES string of the molecule is CCOCC1CCC2(C)C(CCC3C2CCC2(C)C(C(C)Cn4nccc4C#N)CCC32)C1. The average Bonchev–Trinajstić information content (AvgIpc) is 3.40. The Bertz CT molecular complexity index is 872. The molecule has 4 nitrogen and oxygen atoms in total. The van der Waals surface area contributed by atoms with Crippen LogP contribution in [0.4, 0.5) is 0 Å². The van der Waals surface area contributed by atoms with Gasteiger partial charge in [0.05, 0.1) is 6.20 Å². The fourth-order valence-corrected chi connectivity index (χ4v) is 9.73. The molecule has 4 heteroatoms. The number of aromatic nitrogens is 2. The van der Waals surface area contributed by atoms with Gasteiger partial charge >= 0.3 is 0 Å². The minimum atomic E-state index is 0.468. The smallest absolute Gasteiger partial charge is 0.138 e. The van der Waals surface area contributed by atoms with Crippen molar-refractivity contribution in [3.8, 4) is 6.07 Å². The molecule has 4 fully saturated rings. The number of rotatable bonds is 6. The van der Waals surface area contributed by atoms with Crippen molar-refractivity contribution in [1.82, 2.24) is 9.78 Å². The van der Waals surface area contributed by atoms with Crippen LogP contribution in [0, 0.1) is 63.6 Å². The largest absolute Gasteiger partial charge is 0.381 e. The second-order valence-electron chi connectivity index (χ2n) is 12.7. The molecule has 1 aromatic rings. The van der Waals surface area contributed by atoms with Crippen LogP contribution in [-0.2, 0) is 11.3 Å². The van der Waals surface area contributed by atoms with Gasteiger partial charge in [-0.25, -0.2) is 0 Å². The van der Waals surface area contributed by atoms with Crippen molar-refractivity contribution in [3.63, 3.8) is 0 Å². The van der Waals surface area contributed by atoms with E-state index in [0.717, 1.165) is 55.3 Å². The predicted octanol–water partition coefficient (Wildman–Crippen LogP) is 6.70. The van der Waals surface area contributed by atoms with Crippen LogP contribution >= 0.6 is 0 Å². The lowest BCUT2D eigenvalue weighted by Gasteiger charge is -2.61. The Hall–Kier alpha value is -1.34. The number of nitrogens with zero attached hydrogens (tertiary/aromatic N) is 3. The van der Waals surface area contributed by atoms with Crippen molar-refractivity contribution in [2.24, 2.45) is 52.3 Å². The van der Waals surface area contributed by atoms with Crippen LogP contribution in [0.3, 0.4) is 0 Å². The van der Waals surface area contributed by atoms with E-state index in [9.17, 15) is 5.26 Å². The lowest BCUT2D eigenvalue weighted by atomic mass is 9.44. The van der Waals surface area contributed by atoms with Gasteiger partial charge in [-0.3, -0.25) is 4.68 Å². The van der Waals surface area contributed by atoms with E-state index in [1.165, 1.54) is 57.8 Å². The van der Waals surface area contributed by atoms with E-state index in [2.05, 4.69) is 38.9 Å². The molecule has 0 bridgehead atoms. The van der Waals surface area contributed by atoms with Crippen molar-refractivity contribution < 1.29 is 4.74 Å². The summed E-state index contributed by atoms with van der Waals surface area (Å²) in [5.41, 5.74) is 1.74. The Balaban J connectivity index is 1.29. The van der Waals surface area contributed by atoms with Gasteiger partial charge in [-0.05, 0) is 123 Å². The van der Waals surface area contributed by atoms with Gasteiger partial charge in [0.2, 0.25) is 0 Å². The highest BCUT2D eigenvalue weighted by Crippen LogP contribution is 2.68. The molecular formula is C29H45N3O. The average molecular weight is 452 g/mol. The highest BCUT2D eigenvalue weighted by Gasteiger charge is 2.60. The monoisotopic (exact) mass is 451 g/mol. The Kier molecular flexibility index (Phi) is 6.40. The number of hydrogen-bond acceptors (Lipinski definition) is 3. The molecule has 9 atom stereocenters. The third-order valence-electron chi connectivity index (χ3n) is 11.4. The summed E-state index contributed by atoms with van der Waals surface area (Å²) in [7, 11) is 0. The minimum absolute atomic E-state index is 0.468. The summed E-state index contributed by atoms with van der Waals surface area (Å²) in [5.74, 6) is 5.82. The topological polar surface area (TPSA) is 50.8 Å². The molecule has 182 valence electrons. The van der Waals surface area contributed by atoms with Crippen molar-refractivity contribution >= 4 is 0 Å². The summed E-state index contributed by atoms with van der Waals surface area (Å²) < 4.78 is 7.77. The Morgan fingerprint density at radius 3 is 2.70 bits per heavy atom. The Labute approximate surface area is 201 Å². The molecule has 0 N–H and O–H groups in total. The maximum Gasteiger partial charge on any atom is 0.138 e. The first-order valence-corrected chi connectivity index (χ1v) is 13.9. The van der Waals surface area contributed by atoms with Crippen molar-refractivity contribution in [1.29, 1.82) is 5.26 Å². The molecule has 5 rings (SSSR count). The van der Waals surface area contributed by atoms with Crippen LogP contribution in [0.5, 0.6) is 0 Å². The Morgan fingerprint density at radius 2 is 1.91 bits per heavy atom. The van der Waals surface area contributed by atoms with Crippen LogP contribution in [-0.4, -0.2) is 23.0 Å². The van der Waals surface area contributed by atoms with Crippen LogP contribution in [0.25, 0.3) is 0 Å². The minimum Gasteiger partial charge on any atom is -0.381 e. The van der Waals surface area contributed by atoms with Crippen molar-refractivity contribution in [2.75, 3.05) is 13.2 Å². The molecule has 4 aliphatic rings. The highest BCUT2D eigenvalue weighted by atomic mass is 16.5. The number of nitriles is 1. The van der Waals surface area contributed by atoms with Gasteiger partial charge in [0.15, 0.2) is 0 Å². The van der Waals surface area contributed by atoms with Gasteiger partial charge in [-0.1, -0.05) is 20.8 Å². The summed E-state index contributed by atoms with van der Waals surface area (Å²) >= 11 is 0. The summed E-state index contributed by atoms with van der Waals surface area (Å²) in [6.45, 7) is 12.6. The van der Waals surface area contributed by atoms with Gasteiger partial charge in [0.25, 0.3) is 0 Å². The van der Waals surface area contributed by atoms with Crippen LogP contribution in [0.2, 0.25) is 0 Å². The Morgan fingerprint density at radius 1 is 1.12 bits per heavy atom. The van der Waals surface area contributed by atoms with Gasteiger partial charge in [0, 0.05) is 19.8 Å². The summed E-state index contributed by atoms with van der Waals surface area (Å²) in [6, 6.07) is 4.16. The molecule has 0 radical (unpaired) electrons. The summed E-state index contributed by atoms with van der Waals surface area (Å²) in [6.07, 6.45) is 14.5. The lowest BCUT2D eigenvalue weighted by molar-refractivity contribution is -0.125. The van der Waals surface area contributed by atoms with E-state index in [1.54, 1.807) is 6.20 Å². The molecule has 0 aromatic carbocycles. The normalized spacial score (nSPS) is 43.2. The first-order valence-electron chi connectivity index (χ1n) is 13.9. The highest BCUT2D eigenvalue weighted by molar-refractivity contribution is 5.18. The first-order chi connectivity index (χ1) is 15.9. The third-order valence-corrected chi connectivity index (χ3v) is 11.4. The number of ether oxygens (including phenoxy) is 1. The lowest BCUT2D eigenvalue weighted by Crippen LogP contribution is -2.54. The van der Waals surface area contributed by atoms with E-state index in [0.29, 0.717) is 22.4 Å². The van der Waals surface area contributed by atoms with Gasteiger partial charge in [0.1, 0.15) is 11.8 Å². The molecule has 4 saturated carbocycles. The predicted molar refractivity (Wildman–Crippen MR) is 131 cm³/mol. The van der Waals surface area contributed by atoms with E-state index < -0.39 is 0 Å². The zero-order valence-electron chi connectivity index (χ0n) is 21.4. The van der Waals surface area contributed by atoms with Crippen LogP contribution in [0.15, 0.2) is 12.3 Å². The summed E-state index contributed by atoms with van der Waals surface area (Å²) in [5, 5.41) is 13.9. The fourth-order valence-electron chi connectivity index (χ4n) is 9.73. The molecule has 0 amide bonds. The van der Waals surface area contributed by atoms with Crippen molar-refractivity contribution in [2.45, 2.75) is 92.0 Å². The van der Waals surface area contributed by atoms with E-state index >= 15 is 0 Å². The molecule has 9 unspecified atom stereocenters. The zero-order chi connectivity index (χ0) is 23.2. The second-order valence-corrected chi connectivity index (χ2v) is 12.7. The maximum atomic E-state index is 9.41. The van der Waals surface area contributed by atoms with Gasteiger partial charge in [-0.2, -0.15) is 10.4 Å². The third kappa shape index (κ3) is 3.87. The number of fused-ring (bicyclic) bond motifs is 5. The molecule has 33 heavy (non-hydrogen) atoms. The van der Waals surface area contributed by atoms with Gasteiger partial charge in [-0.15, -0.1) is 0 Å². The quantitative estimate of drug-likeness (QED) is 0.483. The van der Waals surface area contributed by atoms with E-state index in [1.807, 2.05) is 10.7 Å². The second kappa shape index (κ2) is 9.03. The molecular weight excluding hydrogens is 406 g/mol. The van der Waals surface area contributed by atoms with Crippen LogP contribution in [0.1, 0.15) is 91.2 Å². The zero-order valence-corrected chi connectivity index (χ0v) is 21.4. The molecule has 1 heterocycles. The maximum absolute atomic E-state index is 9.41. The fraction of sp³-hybridized carbons (Fsp3) is 0.862. The van der Waals surface area contributed by atoms with Crippen molar-refractivity contribution in [3.05, 3.63) is 18.0 Å². The molecule has 0 saturated heterocycles. The first kappa shape index (κ1) is 23.4.